The first-order chi connectivity index (χ1) is 5.61. The summed E-state index contributed by atoms with van der Waals surface area (Å²) in [5, 5.41) is 27.2. The van der Waals surface area contributed by atoms with E-state index in [9.17, 15) is 15.0 Å². The van der Waals surface area contributed by atoms with E-state index in [-0.39, 0.29) is 6.42 Å². The highest BCUT2D eigenvalue weighted by atomic mass is 16.4. The number of hydrogen-bond acceptors (Lipinski definition) is 3. The molecule has 3 N–H and O–H groups in total. The Morgan fingerprint density at radius 2 is 1.75 bits per heavy atom. The average Bonchev–Trinajstić information content (AvgIpc) is 1.97. The lowest BCUT2D eigenvalue weighted by molar-refractivity contribution is -0.142. The molecule has 0 saturated heterocycles. The zero-order valence-corrected chi connectivity index (χ0v) is 6.81. The zero-order valence-electron chi connectivity index (χ0n) is 6.81. The molecule has 0 aromatic heterocycles. The monoisotopic (exact) mass is 174 g/mol. The summed E-state index contributed by atoms with van der Waals surface area (Å²) in [7, 11) is 0. The first-order valence-corrected chi connectivity index (χ1v) is 4.19. The minimum atomic E-state index is -0.958. The molecule has 0 bridgehead atoms. The molecule has 0 aromatic rings. The lowest BCUT2D eigenvalue weighted by Gasteiger charge is -2.31. The van der Waals surface area contributed by atoms with Crippen molar-refractivity contribution >= 4 is 5.97 Å². The van der Waals surface area contributed by atoms with Crippen LogP contribution >= 0.6 is 0 Å². The molecule has 2 atom stereocenters. The maximum Gasteiger partial charge on any atom is 0.303 e. The Labute approximate surface area is 70.8 Å². The molecule has 0 radical (unpaired) electrons. The number of carboxylic acid groups (broad SMARTS) is 1. The van der Waals surface area contributed by atoms with Crippen LogP contribution in [0.3, 0.4) is 0 Å². The molecule has 1 aliphatic carbocycles. The number of aliphatic hydroxyl groups is 2. The average molecular weight is 174 g/mol. The Hall–Kier alpha value is -0.610. The van der Waals surface area contributed by atoms with Crippen LogP contribution in [0.5, 0.6) is 0 Å². The number of hydrogen-bond donors (Lipinski definition) is 3. The first kappa shape index (κ1) is 9.48. The molecular weight excluding hydrogens is 160 g/mol. The quantitative estimate of drug-likeness (QED) is 0.550. The first-order valence-electron chi connectivity index (χ1n) is 4.19. The van der Waals surface area contributed by atoms with Gasteiger partial charge < -0.3 is 15.3 Å². The minimum absolute atomic E-state index is 0.137. The molecule has 1 saturated carbocycles. The van der Waals surface area contributed by atoms with Gasteiger partial charge >= 0.3 is 5.97 Å². The predicted octanol–water partition coefficient (Wildman–Crippen LogP) is -0.0170. The van der Waals surface area contributed by atoms with Gasteiger partial charge in [-0.15, -0.1) is 0 Å². The van der Waals surface area contributed by atoms with E-state index in [1.807, 2.05) is 0 Å². The van der Waals surface area contributed by atoms with Crippen LogP contribution in [-0.2, 0) is 4.79 Å². The third kappa shape index (κ3) is 2.19. The van der Waals surface area contributed by atoms with Gasteiger partial charge in [0.1, 0.15) is 0 Å². The van der Waals surface area contributed by atoms with Gasteiger partial charge in [0.2, 0.25) is 0 Å². The fourth-order valence-corrected chi connectivity index (χ4v) is 1.69. The molecule has 0 spiro atoms. The van der Waals surface area contributed by atoms with Crippen LogP contribution in [0.15, 0.2) is 0 Å². The Balaban J connectivity index is 2.50. The standard InChI is InChI=1S/C8H14O4/c9-6-2-1-3-7(10)5(6)4-8(11)12/h5-7,9-10H,1-4H2,(H,11,12). The summed E-state index contributed by atoms with van der Waals surface area (Å²) in [5.74, 6) is -1.43. The van der Waals surface area contributed by atoms with Crippen molar-refractivity contribution in [2.45, 2.75) is 37.9 Å². The third-order valence-corrected chi connectivity index (χ3v) is 2.40. The van der Waals surface area contributed by atoms with Crippen LogP contribution in [0.4, 0.5) is 0 Å². The molecule has 4 heteroatoms. The van der Waals surface area contributed by atoms with E-state index >= 15 is 0 Å². The lowest BCUT2D eigenvalue weighted by Crippen LogP contribution is -2.37. The van der Waals surface area contributed by atoms with Gasteiger partial charge in [0.15, 0.2) is 0 Å². The van der Waals surface area contributed by atoms with E-state index in [2.05, 4.69) is 0 Å². The highest BCUT2D eigenvalue weighted by Crippen LogP contribution is 2.27. The summed E-state index contributed by atoms with van der Waals surface area (Å²) >= 11 is 0. The van der Waals surface area contributed by atoms with Crippen molar-refractivity contribution in [3.05, 3.63) is 0 Å². The Morgan fingerprint density at radius 1 is 1.25 bits per heavy atom. The van der Waals surface area contributed by atoms with E-state index in [4.69, 9.17) is 5.11 Å². The van der Waals surface area contributed by atoms with Crippen LogP contribution in [0, 0.1) is 5.92 Å². The molecule has 1 aliphatic rings. The second-order valence-electron chi connectivity index (χ2n) is 3.33. The van der Waals surface area contributed by atoms with Crippen LogP contribution < -0.4 is 0 Å². The van der Waals surface area contributed by atoms with Gasteiger partial charge in [-0.1, -0.05) is 0 Å². The predicted molar refractivity (Wildman–Crippen MR) is 41.6 cm³/mol. The number of rotatable bonds is 2. The van der Waals surface area contributed by atoms with Crippen LogP contribution in [0.2, 0.25) is 0 Å². The molecule has 0 amide bonds. The summed E-state index contributed by atoms with van der Waals surface area (Å²) < 4.78 is 0. The molecule has 0 heterocycles. The van der Waals surface area contributed by atoms with E-state index in [0.29, 0.717) is 12.8 Å². The van der Waals surface area contributed by atoms with E-state index in [0.717, 1.165) is 6.42 Å². The topological polar surface area (TPSA) is 77.8 Å². The lowest BCUT2D eigenvalue weighted by atomic mass is 9.82. The number of aliphatic carboxylic acids is 1. The minimum Gasteiger partial charge on any atom is -0.481 e. The van der Waals surface area contributed by atoms with Gasteiger partial charge in [-0.2, -0.15) is 0 Å². The summed E-state index contributed by atoms with van der Waals surface area (Å²) in [6.45, 7) is 0. The number of aliphatic hydroxyl groups excluding tert-OH is 2. The Morgan fingerprint density at radius 3 is 2.17 bits per heavy atom. The normalized spacial score (nSPS) is 36.3. The van der Waals surface area contributed by atoms with Crippen molar-refractivity contribution < 1.29 is 20.1 Å². The van der Waals surface area contributed by atoms with Gasteiger partial charge in [-0.05, 0) is 19.3 Å². The zero-order chi connectivity index (χ0) is 9.14. The molecular formula is C8H14O4. The Kier molecular flexibility index (Phi) is 3.05. The summed E-state index contributed by atoms with van der Waals surface area (Å²) in [4.78, 5) is 10.3. The second kappa shape index (κ2) is 3.87. The summed E-state index contributed by atoms with van der Waals surface area (Å²) in [5.41, 5.74) is 0. The van der Waals surface area contributed by atoms with Crippen molar-refractivity contribution in [2.24, 2.45) is 5.92 Å². The fraction of sp³-hybridized carbons (Fsp3) is 0.875. The smallest absolute Gasteiger partial charge is 0.303 e. The fourth-order valence-electron chi connectivity index (χ4n) is 1.69. The molecule has 0 aromatic carbocycles. The van der Waals surface area contributed by atoms with Crippen LogP contribution in [0.25, 0.3) is 0 Å². The SMILES string of the molecule is O=C(O)CC1C(O)CCCC1O. The maximum absolute atomic E-state index is 10.3. The van der Waals surface area contributed by atoms with Crippen molar-refractivity contribution in [3.8, 4) is 0 Å². The largest absolute Gasteiger partial charge is 0.481 e. The molecule has 1 fully saturated rings. The van der Waals surface area contributed by atoms with E-state index in [1.165, 1.54) is 0 Å². The molecule has 12 heavy (non-hydrogen) atoms. The van der Waals surface area contributed by atoms with Crippen molar-refractivity contribution in [3.63, 3.8) is 0 Å². The molecule has 2 unspecified atom stereocenters. The third-order valence-electron chi connectivity index (χ3n) is 2.40. The second-order valence-corrected chi connectivity index (χ2v) is 3.33. The highest BCUT2D eigenvalue weighted by Gasteiger charge is 2.32. The van der Waals surface area contributed by atoms with Crippen molar-refractivity contribution in [2.75, 3.05) is 0 Å². The maximum atomic E-state index is 10.3. The summed E-state index contributed by atoms with van der Waals surface area (Å²) in [6.07, 6.45) is 0.555. The van der Waals surface area contributed by atoms with E-state index in [1.54, 1.807) is 0 Å². The van der Waals surface area contributed by atoms with Gasteiger partial charge in [0.25, 0.3) is 0 Å². The van der Waals surface area contributed by atoms with Crippen molar-refractivity contribution in [1.82, 2.24) is 0 Å². The number of carbonyl (C=O) groups is 1. The summed E-state index contributed by atoms with van der Waals surface area (Å²) in [6, 6.07) is 0. The van der Waals surface area contributed by atoms with Gasteiger partial charge in [0.05, 0.1) is 18.6 Å². The van der Waals surface area contributed by atoms with Crippen molar-refractivity contribution in [1.29, 1.82) is 0 Å². The van der Waals surface area contributed by atoms with Crippen LogP contribution in [-0.4, -0.2) is 33.5 Å². The van der Waals surface area contributed by atoms with E-state index < -0.39 is 24.1 Å². The Bertz CT molecular complexity index is 158. The van der Waals surface area contributed by atoms with Gasteiger partial charge in [0, 0.05) is 5.92 Å². The molecule has 70 valence electrons. The van der Waals surface area contributed by atoms with Gasteiger partial charge in [-0.25, -0.2) is 0 Å². The van der Waals surface area contributed by atoms with Crippen LogP contribution in [0.1, 0.15) is 25.7 Å². The molecule has 4 nitrogen and oxygen atoms in total. The number of carboxylic acids is 1. The molecule has 0 aliphatic heterocycles. The molecule has 1 rings (SSSR count). The highest BCUT2D eigenvalue weighted by molar-refractivity contribution is 5.67. The van der Waals surface area contributed by atoms with Gasteiger partial charge in [-0.3, -0.25) is 4.79 Å².